The summed E-state index contributed by atoms with van der Waals surface area (Å²) >= 11 is 0. The summed E-state index contributed by atoms with van der Waals surface area (Å²) in [5.74, 6) is -0.692. The Morgan fingerprint density at radius 3 is 2.80 bits per heavy atom. The van der Waals surface area contributed by atoms with E-state index in [-0.39, 0.29) is 17.1 Å². The maximum atomic E-state index is 13.3. The van der Waals surface area contributed by atoms with Crippen molar-refractivity contribution >= 4 is 5.82 Å². The SMILES string of the molecule is Cc1ccc(-c2cc(N)no2)c(O)c1F. The average molecular weight is 208 g/mol. The van der Waals surface area contributed by atoms with Gasteiger partial charge in [-0.1, -0.05) is 11.2 Å². The lowest BCUT2D eigenvalue weighted by Crippen LogP contribution is -1.86. The first-order chi connectivity index (χ1) is 7.09. The molecule has 2 aromatic rings. The van der Waals surface area contributed by atoms with E-state index in [9.17, 15) is 9.50 Å². The van der Waals surface area contributed by atoms with Crippen LogP contribution in [0.4, 0.5) is 10.2 Å². The van der Waals surface area contributed by atoms with Crippen LogP contribution in [-0.4, -0.2) is 10.3 Å². The van der Waals surface area contributed by atoms with E-state index in [0.29, 0.717) is 5.56 Å². The number of hydrogen-bond acceptors (Lipinski definition) is 4. The molecule has 15 heavy (non-hydrogen) atoms. The van der Waals surface area contributed by atoms with Crippen molar-refractivity contribution in [2.45, 2.75) is 6.92 Å². The first kappa shape index (κ1) is 9.51. The summed E-state index contributed by atoms with van der Waals surface area (Å²) in [5.41, 5.74) is 5.96. The minimum absolute atomic E-state index is 0.186. The molecule has 0 bridgehead atoms. The largest absolute Gasteiger partial charge is 0.504 e. The fourth-order valence-corrected chi connectivity index (χ4v) is 1.28. The van der Waals surface area contributed by atoms with Crippen LogP contribution in [0.3, 0.4) is 0 Å². The van der Waals surface area contributed by atoms with Crippen molar-refractivity contribution in [2.75, 3.05) is 5.73 Å². The predicted molar refractivity (Wildman–Crippen MR) is 52.7 cm³/mol. The van der Waals surface area contributed by atoms with Crippen LogP contribution in [0.2, 0.25) is 0 Å². The number of anilines is 1. The van der Waals surface area contributed by atoms with Gasteiger partial charge in [0.15, 0.2) is 23.1 Å². The Kier molecular flexibility index (Phi) is 2.07. The van der Waals surface area contributed by atoms with Gasteiger partial charge in [-0.3, -0.25) is 0 Å². The van der Waals surface area contributed by atoms with Crippen molar-refractivity contribution in [3.63, 3.8) is 0 Å². The van der Waals surface area contributed by atoms with Gasteiger partial charge >= 0.3 is 0 Å². The number of hydrogen-bond donors (Lipinski definition) is 2. The zero-order valence-corrected chi connectivity index (χ0v) is 7.99. The monoisotopic (exact) mass is 208 g/mol. The number of benzene rings is 1. The second-order valence-corrected chi connectivity index (χ2v) is 3.21. The fourth-order valence-electron chi connectivity index (χ4n) is 1.28. The van der Waals surface area contributed by atoms with Crippen LogP contribution in [0, 0.1) is 12.7 Å². The van der Waals surface area contributed by atoms with Crippen molar-refractivity contribution in [1.82, 2.24) is 5.16 Å². The molecule has 1 heterocycles. The Bertz CT molecular complexity index is 508. The molecule has 0 saturated heterocycles. The van der Waals surface area contributed by atoms with Crippen LogP contribution in [0.1, 0.15) is 5.56 Å². The fraction of sp³-hybridized carbons (Fsp3) is 0.100. The molecule has 78 valence electrons. The maximum Gasteiger partial charge on any atom is 0.172 e. The lowest BCUT2D eigenvalue weighted by Gasteiger charge is -2.03. The van der Waals surface area contributed by atoms with E-state index in [1.165, 1.54) is 6.07 Å². The highest BCUT2D eigenvalue weighted by atomic mass is 19.1. The van der Waals surface area contributed by atoms with E-state index < -0.39 is 11.6 Å². The van der Waals surface area contributed by atoms with Gasteiger partial charge in [0, 0.05) is 6.07 Å². The highest BCUT2D eigenvalue weighted by Crippen LogP contribution is 2.33. The van der Waals surface area contributed by atoms with Crippen molar-refractivity contribution in [1.29, 1.82) is 0 Å². The number of rotatable bonds is 1. The summed E-state index contributed by atoms with van der Waals surface area (Å²) in [6, 6.07) is 4.51. The number of nitrogens with two attached hydrogens (primary N) is 1. The molecule has 0 amide bonds. The van der Waals surface area contributed by atoms with Crippen molar-refractivity contribution in [3.8, 4) is 17.1 Å². The molecule has 0 aliphatic rings. The van der Waals surface area contributed by atoms with Crippen LogP contribution in [0.25, 0.3) is 11.3 Å². The van der Waals surface area contributed by atoms with Gasteiger partial charge in [0.25, 0.3) is 0 Å². The van der Waals surface area contributed by atoms with Crippen LogP contribution in [0.5, 0.6) is 5.75 Å². The van der Waals surface area contributed by atoms with Crippen LogP contribution >= 0.6 is 0 Å². The Hall–Kier alpha value is -2.04. The Morgan fingerprint density at radius 1 is 1.47 bits per heavy atom. The van der Waals surface area contributed by atoms with Crippen LogP contribution < -0.4 is 5.73 Å². The van der Waals surface area contributed by atoms with Gasteiger partial charge < -0.3 is 15.4 Å². The first-order valence-corrected chi connectivity index (χ1v) is 4.30. The Morgan fingerprint density at radius 2 is 2.20 bits per heavy atom. The van der Waals surface area contributed by atoms with E-state index in [4.69, 9.17) is 10.3 Å². The second-order valence-electron chi connectivity index (χ2n) is 3.21. The first-order valence-electron chi connectivity index (χ1n) is 4.30. The third-order valence-corrected chi connectivity index (χ3v) is 2.10. The van der Waals surface area contributed by atoms with Gasteiger partial charge in [0.1, 0.15) is 0 Å². The zero-order valence-electron chi connectivity index (χ0n) is 7.99. The molecule has 0 aliphatic heterocycles. The van der Waals surface area contributed by atoms with Gasteiger partial charge in [-0.25, -0.2) is 4.39 Å². The predicted octanol–water partition coefficient (Wildman–Crippen LogP) is 2.08. The van der Waals surface area contributed by atoms with E-state index in [1.54, 1.807) is 19.1 Å². The van der Waals surface area contributed by atoms with Gasteiger partial charge in [0.05, 0.1) is 5.56 Å². The van der Waals surface area contributed by atoms with E-state index in [2.05, 4.69) is 5.16 Å². The maximum absolute atomic E-state index is 13.3. The quantitative estimate of drug-likeness (QED) is 0.752. The summed E-state index contributed by atoms with van der Waals surface area (Å²) in [6.45, 7) is 1.56. The lowest BCUT2D eigenvalue weighted by atomic mass is 10.1. The number of nitrogen functional groups attached to an aromatic ring is 1. The van der Waals surface area contributed by atoms with E-state index in [1.807, 2.05) is 0 Å². The molecule has 0 fully saturated rings. The summed E-state index contributed by atoms with van der Waals surface area (Å²) in [7, 11) is 0. The second kappa shape index (κ2) is 3.27. The number of aromatic nitrogens is 1. The molecule has 0 unspecified atom stereocenters. The summed E-state index contributed by atoms with van der Waals surface area (Å²) in [4.78, 5) is 0. The third kappa shape index (κ3) is 1.52. The van der Waals surface area contributed by atoms with Gasteiger partial charge in [-0.05, 0) is 18.6 Å². The smallest absolute Gasteiger partial charge is 0.172 e. The van der Waals surface area contributed by atoms with E-state index >= 15 is 0 Å². The molecule has 0 spiro atoms. The molecular weight excluding hydrogens is 199 g/mol. The summed E-state index contributed by atoms with van der Waals surface area (Å²) in [5, 5.41) is 13.0. The molecule has 1 aromatic heterocycles. The van der Waals surface area contributed by atoms with Crippen LogP contribution in [0.15, 0.2) is 22.7 Å². The Labute approximate surface area is 85.1 Å². The minimum Gasteiger partial charge on any atom is -0.504 e. The topological polar surface area (TPSA) is 72.3 Å². The highest BCUT2D eigenvalue weighted by Gasteiger charge is 2.14. The standard InChI is InChI=1S/C10H9FN2O2/c1-5-2-3-6(10(14)9(5)11)7-4-8(12)13-15-7/h2-4,14H,1H3,(H2,12,13). The Balaban J connectivity index is 2.59. The van der Waals surface area contributed by atoms with Crippen LogP contribution in [-0.2, 0) is 0 Å². The van der Waals surface area contributed by atoms with Crippen molar-refractivity contribution in [2.24, 2.45) is 0 Å². The molecule has 0 saturated carbocycles. The molecule has 3 N–H and O–H groups in total. The van der Waals surface area contributed by atoms with Crippen molar-refractivity contribution in [3.05, 3.63) is 29.6 Å². The number of halogens is 1. The van der Waals surface area contributed by atoms with Crippen molar-refractivity contribution < 1.29 is 14.0 Å². The summed E-state index contributed by atoms with van der Waals surface area (Å²) < 4.78 is 18.2. The normalized spacial score (nSPS) is 10.5. The summed E-state index contributed by atoms with van der Waals surface area (Å²) in [6.07, 6.45) is 0. The lowest BCUT2D eigenvalue weighted by molar-refractivity contribution is 0.415. The van der Waals surface area contributed by atoms with Gasteiger partial charge in [-0.2, -0.15) is 0 Å². The molecule has 5 heteroatoms. The minimum atomic E-state index is -0.664. The molecular formula is C10H9FN2O2. The zero-order chi connectivity index (χ0) is 11.0. The number of phenolic OH excluding ortho intramolecular Hbond substituents is 1. The highest BCUT2D eigenvalue weighted by molar-refractivity contribution is 5.67. The average Bonchev–Trinajstić information content (AvgIpc) is 2.61. The number of nitrogens with zero attached hydrogens (tertiary/aromatic N) is 1. The molecule has 0 atom stereocenters. The molecule has 1 aromatic carbocycles. The number of aryl methyl sites for hydroxylation is 1. The van der Waals surface area contributed by atoms with E-state index in [0.717, 1.165) is 0 Å². The molecule has 4 nitrogen and oxygen atoms in total. The molecule has 2 rings (SSSR count). The number of phenols is 1. The number of aromatic hydroxyl groups is 1. The van der Waals surface area contributed by atoms with Gasteiger partial charge in [-0.15, -0.1) is 0 Å². The molecule has 0 radical (unpaired) electrons. The molecule has 0 aliphatic carbocycles. The van der Waals surface area contributed by atoms with Gasteiger partial charge in [0.2, 0.25) is 0 Å². The third-order valence-electron chi connectivity index (χ3n) is 2.10.